The number of fused-ring (bicyclic) bond motifs is 1. The first-order valence-electron chi connectivity index (χ1n) is 10.9. The van der Waals surface area contributed by atoms with E-state index in [-0.39, 0.29) is 11.7 Å². The van der Waals surface area contributed by atoms with Crippen molar-refractivity contribution in [2.75, 3.05) is 6.61 Å². The molecule has 3 N–H and O–H groups in total. The Kier molecular flexibility index (Phi) is 7.83. The first kappa shape index (κ1) is 23.7. The van der Waals surface area contributed by atoms with Crippen molar-refractivity contribution in [2.24, 2.45) is 0 Å². The highest BCUT2D eigenvalue weighted by atomic mass is 32.1. The smallest absolute Gasteiger partial charge is 0.276 e. The topological polar surface area (TPSA) is 79.5 Å². The van der Waals surface area contributed by atoms with Crippen LogP contribution in [0, 0.1) is 0 Å². The summed E-state index contributed by atoms with van der Waals surface area (Å²) >= 11 is 5.06. The molecule has 0 aromatic heterocycles. The molecule has 35 heavy (non-hydrogen) atoms. The Labute approximate surface area is 208 Å². The Balaban J connectivity index is 1.20. The molecule has 7 heteroatoms. The molecule has 0 heterocycles. The number of amides is 2. The highest BCUT2D eigenvalue weighted by molar-refractivity contribution is 7.80. The van der Waals surface area contributed by atoms with E-state index < -0.39 is 11.8 Å². The third-order valence-corrected chi connectivity index (χ3v) is 5.33. The number of hydrogen-bond donors (Lipinski definition) is 3. The molecule has 0 unspecified atom stereocenters. The summed E-state index contributed by atoms with van der Waals surface area (Å²) in [5, 5.41) is 4.59. The molecule has 0 aliphatic carbocycles. The summed E-state index contributed by atoms with van der Waals surface area (Å²) in [5.74, 6) is -0.297. The normalized spacial score (nSPS) is 10.6. The molecule has 0 atom stereocenters. The molecule has 0 bridgehead atoms. The highest BCUT2D eigenvalue weighted by Gasteiger charge is 2.06. The Bertz CT molecular complexity index is 1360. The second-order valence-corrected chi connectivity index (χ2v) is 7.98. The number of hydrogen-bond acceptors (Lipinski definition) is 4. The van der Waals surface area contributed by atoms with Gasteiger partial charge in [0.15, 0.2) is 11.7 Å². The van der Waals surface area contributed by atoms with Crippen molar-refractivity contribution < 1.29 is 14.3 Å². The second-order valence-electron chi connectivity index (χ2n) is 7.57. The number of rotatable bonds is 6. The number of ether oxygens (including phenoxy) is 1. The van der Waals surface area contributed by atoms with Crippen molar-refractivity contribution in [2.45, 2.75) is 0 Å². The average Bonchev–Trinajstić information content (AvgIpc) is 2.90. The van der Waals surface area contributed by atoms with Crippen molar-refractivity contribution in [1.82, 2.24) is 16.2 Å². The maximum Gasteiger partial charge on any atom is 0.276 e. The lowest BCUT2D eigenvalue weighted by Crippen LogP contribution is -2.49. The van der Waals surface area contributed by atoms with E-state index >= 15 is 0 Å². The van der Waals surface area contributed by atoms with Crippen molar-refractivity contribution in [3.63, 3.8) is 0 Å². The molecule has 0 fully saturated rings. The molecule has 0 radical (unpaired) electrons. The van der Waals surface area contributed by atoms with Gasteiger partial charge in [0, 0.05) is 6.08 Å². The van der Waals surface area contributed by atoms with Crippen molar-refractivity contribution in [1.29, 1.82) is 0 Å². The zero-order chi connectivity index (χ0) is 24.5. The number of carbonyl (C=O) groups excluding carboxylic acids is 2. The largest absolute Gasteiger partial charge is 0.484 e. The van der Waals surface area contributed by atoms with Crippen LogP contribution < -0.4 is 20.9 Å². The molecule has 0 spiro atoms. The molecular weight excluding hydrogens is 458 g/mol. The summed E-state index contributed by atoms with van der Waals surface area (Å²) in [6.07, 6.45) is 3.11. The summed E-state index contributed by atoms with van der Waals surface area (Å²) in [7, 11) is 0. The van der Waals surface area contributed by atoms with Crippen LogP contribution in [0.15, 0.2) is 103 Å². The van der Waals surface area contributed by atoms with Gasteiger partial charge in [-0.3, -0.25) is 25.8 Å². The maximum atomic E-state index is 12.2. The second kappa shape index (κ2) is 11.6. The number of benzene rings is 4. The fourth-order valence-electron chi connectivity index (χ4n) is 3.43. The number of hydrazine groups is 1. The molecule has 0 aliphatic rings. The lowest BCUT2D eigenvalue weighted by Gasteiger charge is -2.11. The number of carbonyl (C=O) groups is 2. The zero-order valence-corrected chi connectivity index (χ0v) is 19.5. The Morgan fingerprint density at radius 2 is 1.46 bits per heavy atom. The third-order valence-electron chi connectivity index (χ3n) is 5.12. The van der Waals surface area contributed by atoms with Gasteiger partial charge in [0.25, 0.3) is 5.91 Å². The summed E-state index contributed by atoms with van der Waals surface area (Å²) in [6.45, 7) is -0.213. The van der Waals surface area contributed by atoms with Gasteiger partial charge in [-0.1, -0.05) is 84.9 Å². The first-order chi connectivity index (χ1) is 17.1. The predicted molar refractivity (Wildman–Crippen MR) is 142 cm³/mol. The van der Waals surface area contributed by atoms with E-state index in [1.807, 2.05) is 84.9 Å². The van der Waals surface area contributed by atoms with Gasteiger partial charge >= 0.3 is 0 Å². The van der Waals surface area contributed by atoms with Crippen LogP contribution in [0.25, 0.3) is 28.0 Å². The first-order valence-corrected chi connectivity index (χ1v) is 11.3. The molecule has 0 aliphatic heterocycles. The van der Waals surface area contributed by atoms with Crippen molar-refractivity contribution in [3.05, 3.63) is 109 Å². The standard InChI is InChI=1S/C28H23N3O3S/c32-26(18-15-23-11-6-10-22-9-4-5-12-25(22)23)29-28(35)31-30-27(33)19-34-24-16-13-21(14-17-24)20-7-2-1-3-8-20/h1-18H,19H2,(H,30,33)(H2,29,31,32,35)/b18-15+. The van der Waals surface area contributed by atoms with Crippen LogP contribution in [0.4, 0.5) is 0 Å². The minimum absolute atomic E-state index is 0.0295. The van der Waals surface area contributed by atoms with E-state index in [2.05, 4.69) is 16.2 Å². The molecule has 4 aromatic carbocycles. The fraction of sp³-hybridized carbons (Fsp3) is 0.0357. The quantitative estimate of drug-likeness (QED) is 0.213. The van der Waals surface area contributed by atoms with E-state index in [1.165, 1.54) is 6.08 Å². The molecule has 174 valence electrons. The van der Waals surface area contributed by atoms with Gasteiger partial charge in [0.1, 0.15) is 5.75 Å². The van der Waals surface area contributed by atoms with Gasteiger partial charge in [0.05, 0.1) is 0 Å². The van der Waals surface area contributed by atoms with E-state index in [9.17, 15) is 9.59 Å². The van der Waals surface area contributed by atoms with Gasteiger partial charge < -0.3 is 4.74 Å². The molecule has 0 saturated heterocycles. The molecule has 4 aromatic rings. The summed E-state index contributed by atoms with van der Waals surface area (Å²) in [6, 6.07) is 31.2. The van der Waals surface area contributed by atoms with Gasteiger partial charge in [-0.25, -0.2) is 0 Å². The Morgan fingerprint density at radius 1 is 0.771 bits per heavy atom. The third kappa shape index (κ3) is 6.75. The van der Waals surface area contributed by atoms with Crippen LogP contribution in [0.2, 0.25) is 0 Å². The van der Waals surface area contributed by atoms with Crippen LogP contribution in [0.1, 0.15) is 5.56 Å². The van der Waals surface area contributed by atoms with E-state index in [4.69, 9.17) is 17.0 Å². The summed E-state index contributed by atoms with van der Waals surface area (Å²) in [4.78, 5) is 24.2. The lowest BCUT2D eigenvalue weighted by molar-refractivity contribution is -0.123. The minimum atomic E-state index is -0.444. The van der Waals surface area contributed by atoms with Crippen molar-refractivity contribution in [3.8, 4) is 16.9 Å². The van der Waals surface area contributed by atoms with Crippen LogP contribution >= 0.6 is 12.2 Å². The van der Waals surface area contributed by atoms with Gasteiger partial charge in [-0.05, 0) is 57.9 Å². The number of nitrogens with one attached hydrogen (secondary N) is 3. The fourth-order valence-corrected chi connectivity index (χ4v) is 3.58. The monoisotopic (exact) mass is 481 g/mol. The summed E-state index contributed by atoms with van der Waals surface area (Å²) in [5.41, 5.74) is 7.97. The predicted octanol–water partition coefficient (Wildman–Crippen LogP) is 4.62. The lowest BCUT2D eigenvalue weighted by atomic mass is 10.0. The molecular formula is C28H23N3O3S. The van der Waals surface area contributed by atoms with Crippen LogP contribution in [-0.2, 0) is 9.59 Å². The summed E-state index contributed by atoms with van der Waals surface area (Å²) < 4.78 is 5.50. The van der Waals surface area contributed by atoms with Gasteiger partial charge in [0.2, 0.25) is 5.91 Å². The van der Waals surface area contributed by atoms with E-state index in [0.29, 0.717) is 5.75 Å². The minimum Gasteiger partial charge on any atom is -0.484 e. The van der Waals surface area contributed by atoms with Gasteiger partial charge in [-0.15, -0.1) is 0 Å². The molecule has 4 rings (SSSR count). The van der Waals surface area contributed by atoms with E-state index in [0.717, 1.165) is 27.5 Å². The van der Waals surface area contributed by atoms with Crippen LogP contribution in [0.5, 0.6) is 5.75 Å². The Hall–Kier alpha value is -4.49. The average molecular weight is 482 g/mol. The molecule has 0 saturated carbocycles. The Morgan fingerprint density at radius 3 is 2.26 bits per heavy atom. The van der Waals surface area contributed by atoms with E-state index in [1.54, 1.807) is 18.2 Å². The maximum absolute atomic E-state index is 12.2. The molecule has 6 nitrogen and oxygen atoms in total. The zero-order valence-electron chi connectivity index (χ0n) is 18.7. The van der Waals surface area contributed by atoms with Crippen LogP contribution in [-0.4, -0.2) is 23.5 Å². The van der Waals surface area contributed by atoms with Gasteiger partial charge in [-0.2, -0.15) is 0 Å². The highest BCUT2D eigenvalue weighted by Crippen LogP contribution is 2.22. The number of thiocarbonyl (C=S) groups is 1. The SMILES string of the molecule is O=C(/C=C/c1cccc2ccccc12)NC(=S)NNC(=O)COc1ccc(-c2ccccc2)cc1. The van der Waals surface area contributed by atoms with Crippen molar-refractivity contribution >= 4 is 46.0 Å². The van der Waals surface area contributed by atoms with Crippen LogP contribution in [0.3, 0.4) is 0 Å². The molecule has 2 amide bonds.